The molecular formula is C24H31O6P. The molecule has 31 heavy (non-hydrogen) atoms. The van der Waals surface area contributed by atoms with Gasteiger partial charge in [-0.3, -0.25) is 14.2 Å². The fourth-order valence-corrected chi connectivity index (χ4v) is 4.58. The van der Waals surface area contributed by atoms with Crippen molar-refractivity contribution < 1.29 is 27.9 Å². The van der Waals surface area contributed by atoms with Gasteiger partial charge in [0.15, 0.2) is 11.6 Å². The van der Waals surface area contributed by atoms with Crippen LogP contribution in [0.3, 0.4) is 0 Å². The minimum absolute atomic E-state index is 0.0928. The van der Waals surface area contributed by atoms with Gasteiger partial charge in [0.05, 0.1) is 24.6 Å². The Balaban J connectivity index is 2.35. The van der Waals surface area contributed by atoms with Crippen LogP contribution in [0.2, 0.25) is 0 Å². The average Bonchev–Trinajstić information content (AvgIpc) is 2.75. The van der Waals surface area contributed by atoms with Crippen molar-refractivity contribution in [1.29, 1.82) is 0 Å². The van der Waals surface area contributed by atoms with Gasteiger partial charge in [-0.2, -0.15) is 0 Å². The smallest absolute Gasteiger partial charge is 0.361 e. The van der Waals surface area contributed by atoms with Gasteiger partial charge in [-0.05, 0) is 63.9 Å². The lowest BCUT2D eigenvalue weighted by Gasteiger charge is -2.18. The number of benzene rings is 2. The SMILES string of the molecule is CCCOP(=O)(OCCC)c1ccc(C(=O)c2cc(OC(C)C)cc(C(C)=O)c2)cc1. The standard InChI is InChI=1S/C24H31O6P/c1-6-12-28-31(27,29-13-7-2)23-10-8-19(9-11-23)24(26)21-14-20(18(5)25)15-22(16-21)30-17(3)4/h8-11,14-17H,6-7,12-13H2,1-5H3. The number of hydrogen-bond donors (Lipinski definition) is 0. The lowest BCUT2D eigenvalue weighted by molar-refractivity contribution is 0.101. The number of hydrogen-bond acceptors (Lipinski definition) is 6. The molecule has 0 aliphatic rings. The fraction of sp³-hybridized carbons (Fsp3) is 0.417. The summed E-state index contributed by atoms with van der Waals surface area (Å²) < 4.78 is 29.9. The molecule has 0 saturated carbocycles. The Morgan fingerprint density at radius 1 is 0.871 bits per heavy atom. The monoisotopic (exact) mass is 446 g/mol. The summed E-state index contributed by atoms with van der Waals surface area (Å²) in [5.41, 5.74) is 1.16. The summed E-state index contributed by atoms with van der Waals surface area (Å²) in [6.07, 6.45) is 1.33. The van der Waals surface area contributed by atoms with Crippen molar-refractivity contribution in [2.24, 2.45) is 0 Å². The highest BCUT2D eigenvalue weighted by atomic mass is 31.2. The summed E-state index contributed by atoms with van der Waals surface area (Å²) >= 11 is 0. The molecule has 0 bridgehead atoms. The topological polar surface area (TPSA) is 78.9 Å². The van der Waals surface area contributed by atoms with Gasteiger partial charge in [0.25, 0.3) is 0 Å². The molecule has 0 fully saturated rings. The molecule has 6 nitrogen and oxygen atoms in total. The van der Waals surface area contributed by atoms with E-state index in [2.05, 4.69) is 0 Å². The number of carbonyl (C=O) groups excluding carboxylic acids is 2. The van der Waals surface area contributed by atoms with Gasteiger partial charge in [-0.15, -0.1) is 0 Å². The van der Waals surface area contributed by atoms with Gasteiger partial charge in [0.2, 0.25) is 0 Å². The van der Waals surface area contributed by atoms with Crippen LogP contribution < -0.4 is 10.0 Å². The van der Waals surface area contributed by atoms with Crippen molar-refractivity contribution in [2.75, 3.05) is 13.2 Å². The van der Waals surface area contributed by atoms with E-state index in [4.69, 9.17) is 13.8 Å². The Bertz CT molecular complexity index is 937. The van der Waals surface area contributed by atoms with Crippen LogP contribution in [0.25, 0.3) is 0 Å². The van der Waals surface area contributed by atoms with Gasteiger partial charge in [0, 0.05) is 16.7 Å². The van der Waals surface area contributed by atoms with Crippen LogP contribution in [0.4, 0.5) is 0 Å². The third kappa shape index (κ3) is 6.86. The average molecular weight is 446 g/mol. The highest BCUT2D eigenvalue weighted by Crippen LogP contribution is 2.47. The molecule has 0 aliphatic carbocycles. The molecule has 0 radical (unpaired) electrons. The Kier molecular flexibility index (Phi) is 9.17. The molecule has 0 N–H and O–H groups in total. The van der Waals surface area contributed by atoms with Crippen LogP contribution in [0, 0.1) is 0 Å². The van der Waals surface area contributed by atoms with Gasteiger partial charge < -0.3 is 13.8 Å². The van der Waals surface area contributed by atoms with Crippen LogP contribution in [0.1, 0.15) is 73.7 Å². The molecule has 168 valence electrons. The Morgan fingerprint density at radius 2 is 1.42 bits per heavy atom. The molecule has 0 aliphatic heterocycles. The second-order valence-electron chi connectivity index (χ2n) is 7.51. The molecule has 2 aromatic rings. The lowest BCUT2D eigenvalue weighted by Crippen LogP contribution is -2.13. The van der Waals surface area contributed by atoms with E-state index < -0.39 is 7.60 Å². The van der Waals surface area contributed by atoms with Crippen molar-refractivity contribution in [3.63, 3.8) is 0 Å². The summed E-state index contributed by atoms with van der Waals surface area (Å²) in [5.74, 6) is 0.0517. The molecule has 2 aromatic carbocycles. The fourth-order valence-electron chi connectivity index (χ4n) is 2.84. The Hall–Kier alpha value is -2.27. The van der Waals surface area contributed by atoms with Crippen LogP contribution in [0.15, 0.2) is 42.5 Å². The minimum Gasteiger partial charge on any atom is -0.491 e. The summed E-state index contributed by atoms with van der Waals surface area (Å²) in [5, 5.41) is 0.410. The zero-order valence-corrected chi connectivity index (χ0v) is 19.7. The van der Waals surface area contributed by atoms with Gasteiger partial charge in [-0.1, -0.05) is 26.0 Å². The van der Waals surface area contributed by atoms with E-state index in [1.807, 2.05) is 27.7 Å². The minimum atomic E-state index is -3.45. The third-order valence-corrected chi connectivity index (χ3v) is 6.30. The summed E-state index contributed by atoms with van der Waals surface area (Å²) in [6, 6.07) is 11.2. The van der Waals surface area contributed by atoms with E-state index in [0.717, 1.165) is 0 Å². The normalized spacial score (nSPS) is 11.5. The number of Topliss-reactive ketones (excluding diaryl/α,β-unsaturated/α-hetero) is 1. The Morgan fingerprint density at radius 3 is 1.90 bits per heavy atom. The van der Waals surface area contributed by atoms with E-state index >= 15 is 0 Å². The molecule has 0 amide bonds. The molecule has 0 unspecified atom stereocenters. The number of ketones is 2. The first-order valence-corrected chi connectivity index (χ1v) is 12.1. The van der Waals surface area contributed by atoms with Crippen molar-refractivity contribution in [3.05, 3.63) is 59.2 Å². The first-order chi connectivity index (χ1) is 14.7. The van der Waals surface area contributed by atoms with E-state index in [0.29, 0.717) is 53.8 Å². The number of carbonyl (C=O) groups is 2. The van der Waals surface area contributed by atoms with E-state index in [1.54, 1.807) is 42.5 Å². The van der Waals surface area contributed by atoms with Gasteiger partial charge in [0.1, 0.15) is 5.75 Å². The molecule has 0 atom stereocenters. The molecule has 0 spiro atoms. The van der Waals surface area contributed by atoms with E-state index in [9.17, 15) is 14.2 Å². The largest absolute Gasteiger partial charge is 0.491 e. The summed E-state index contributed by atoms with van der Waals surface area (Å²) in [7, 11) is -3.45. The third-order valence-electron chi connectivity index (χ3n) is 4.32. The molecule has 0 heterocycles. The van der Waals surface area contributed by atoms with E-state index in [-0.39, 0.29) is 17.7 Å². The van der Waals surface area contributed by atoms with Crippen LogP contribution >= 0.6 is 7.60 Å². The predicted molar refractivity (Wildman–Crippen MR) is 122 cm³/mol. The van der Waals surface area contributed by atoms with Crippen LogP contribution in [-0.2, 0) is 13.6 Å². The lowest BCUT2D eigenvalue weighted by atomic mass is 9.99. The van der Waals surface area contributed by atoms with Gasteiger partial charge >= 0.3 is 7.60 Å². The molecule has 0 saturated heterocycles. The highest BCUT2D eigenvalue weighted by molar-refractivity contribution is 7.62. The predicted octanol–water partition coefficient (Wildman–Crippen LogP) is 5.58. The van der Waals surface area contributed by atoms with Crippen molar-refractivity contribution in [1.82, 2.24) is 0 Å². The van der Waals surface area contributed by atoms with Crippen LogP contribution in [0.5, 0.6) is 5.75 Å². The van der Waals surface area contributed by atoms with Crippen molar-refractivity contribution in [3.8, 4) is 5.75 Å². The first kappa shape index (κ1) is 25.0. The molecule has 0 aromatic heterocycles. The second kappa shape index (κ2) is 11.4. The van der Waals surface area contributed by atoms with Crippen molar-refractivity contribution in [2.45, 2.75) is 53.6 Å². The summed E-state index contributed by atoms with van der Waals surface area (Å²) in [6.45, 7) is 9.69. The number of rotatable bonds is 12. The molecule has 7 heteroatoms. The number of ether oxygens (including phenoxy) is 1. The maximum Gasteiger partial charge on any atom is 0.361 e. The van der Waals surface area contributed by atoms with Gasteiger partial charge in [-0.25, -0.2) is 0 Å². The van der Waals surface area contributed by atoms with E-state index in [1.165, 1.54) is 6.92 Å². The zero-order valence-electron chi connectivity index (χ0n) is 18.8. The quantitative estimate of drug-likeness (QED) is 0.313. The Labute approximate surface area is 184 Å². The maximum atomic E-state index is 13.2. The molecule has 2 rings (SSSR count). The summed E-state index contributed by atoms with van der Waals surface area (Å²) in [4.78, 5) is 25.0. The highest BCUT2D eigenvalue weighted by Gasteiger charge is 2.27. The first-order valence-electron chi connectivity index (χ1n) is 10.6. The zero-order chi connectivity index (χ0) is 23.0. The second-order valence-corrected chi connectivity index (χ2v) is 9.54. The molecular weight excluding hydrogens is 415 g/mol. The van der Waals surface area contributed by atoms with Crippen LogP contribution in [-0.4, -0.2) is 30.9 Å². The maximum absolute atomic E-state index is 13.2. The van der Waals surface area contributed by atoms with Crippen molar-refractivity contribution >= 4 is 24.5 Å².